The molecular formula is C15H18N4O3. The number of ether oxygens (including phenoxy) is 1. The molecule has 1 unspecified atom stereocenters. The SMILES string of the molecule is CC1(C2CC2)NC(=O)N(Cc2ncc3c(n2)CCOC3)C1=O. The van der Waals surface area contributed by atoms with Gasteiger partial charge in [0.05, 0.1) is 25.5 Å². The predicted octanol–water partition coefficient (Wildman–Crippen LogP) is 0.770. The van der Waals surface area contributed by atoms with E-state index in [4.69, 9.17) is 4.74 Å². The zero-order valence-corrected chi connectivity index (χ0v) is 12.5. The molecule has 7 nitrogen and oxygen atoms in total. The highest BCUT2D eigenvalue weighted by atomic mass is 16.5. The van der Waals surface area contributed by atoms with Gasteiger partial charge in [-0.1, -0.05) is 0 Å². The molecule has 2 aliphatic heterocycles. The molecule has 0 aromatic carbocycles. The van der Waals surface area contributed by atoms with Crippen LogP contribution in [0.5, 0.6) is 0 Å². The van der Waals surface area contributed by atoms with Crippen LogP contribution in [0.25, 0.3) is 0 Å². The topological polar surface area (TPSA) is 84.4 Å². The van der Waals surface area contributed by atoms with Gasteiger partial charge in [-0.2, -0.15) is 0 Å². The lowest BCUT2D eigenvalue weighted by Crippen LogP contribution is -2.46. The molecule has 3 aliphatic rings. The third-order valence-corrected chi connectivity index (χ3v) is 4.74. The molecule has 116 valence electrons. The van der Waals surface area contributed by atoms with Crippen LogP contribution in [-0.2, 0) is 29.1 Å². The number of nitrogens with one attached hydrogen (secondary N) is 1. The monoisotopic (exact) mass is 302 g/mol. The van der Waals surface area contributed by atoms with Crippen molar-refractivity contribution in [2.75, 3.05) is 6.61 Å². The molecule has 1 aromatic rings. The van der Waals surface area contributed by atoms with E-state index in [2.05, 4.69) is 15.3 Å². The lowest BCUT2D eigenvalue weighted by atomic mass is 9.96. The second kappa shape index (κ2) is 4.74. The van der Waals surface area contributed by atoms with E-state index in [-0.39, 0.29) is 24.4 Å². The number of carbonyl (C=O) groups is 2. The Labute approximate surface area is 128 Å². The molecular weight excluding hydrogens is 284 g/mol. The number of rotatable bonds is 3. The summed E-state index contributed by atoms with van der Waals surface area (Å²) in [5, 5.41) is 2.84. The van der Waals surface area contributed by atoms with Crippen molar-refractivity contribution in [1.29, 1.82) is 0 Å². The van der Waals surface area contributed by atoms with Crippen molar-refractivity contribution in [1.82, 2.24) is 20.2 Å². The van der Waals surface area contributed by atoms with Crippen LogP contribution in [0, 0.1) is 5.92 Å². The van der Waals surface area contributed by atoms with E-state index in [1.165, 1.54) is 4.90 Å². The van der Waals surface area contributed by atoms with Crippen molar-refractivity contribution >= 4 is 11.9 Å². The fourth-order valence-corrected chi connectivity index (χ4v) is 3.19. The highest BCUT2D eigenvalue weighted by molar-refractivity contribution is 6.07. The minimum atomic E-state index is -0.751. The van der Waals surface area contributed by atoms with E-state index in [0.717, 1.165) is 30.5 Å². The summed E-state index contributed by atoms with van der Waals surface area (Å²) in [7, 11) is 0. The van der Waals surface area contributed by atoms with Crippen LogP contribution in [0.2, 0.25) is 0 Å². The van der Waals surface area contributed by atoms with Crippen molar-refractivity contribution in [3.8, 4) is 0 Å². The van der Waals surface area contributed by atoms with Crippen molar-refractivity contribution in [3.63, 3.8) is 0 Å². The Morgan fingerprint density at radius 3 is 3.05 bits per heavy atom. The van der Waals surface area contributed by atoms with Gasteiger partial charge < -0.3 is 10.1 Å². The Balaban J connectivity index is 1.56. The molecule has 0 bridgehead atoms. The molecule has 7 heteroatoms. The van der Waals surface area contributed by atoms with Gasteiger partial charge in [0.15, 0.2) is 0 Å². The van der Waals surface area contributed by atoms with Crippen LogP contribution in [0.15, 0.2) is 6.20 Å². The number of carbonyl (C=O) groups excluding carboxylic acids is 2. The molecule has 3 heterocycles. The summed E-state index contributed by atoms with van der Waals surface area (Å²) >= 11 is 0. The second-order valence-electron chi connectivity index (χ2n) is 6.36. The average Bonchev–Trinajstić information content (AvgIpc) is 3.33. The Morgan fingerprint density at radius 1 is 1.45 bits per heavy atom. The zero-order chi connectivity index (χ0) is 15.3. The first-order chi connectivity index (χ1) is 10.6. The lowest BCUT2D eigenvalue weighted by Gasteiger charge is -2.21. The van der Waals surface area contributed by atoms with Gasteiger partial charge in [0, 0.05) is 18.2 Å². The van der Waals surface area contributed by atoms with Crippen LogP contribution in [0.1, 0.15) is 36.8 Å². The first kappa shape index (κ1) is 13.6. The van der Waals surface area contributed by atoms with E-state index in [1.807, 2.05) is 6.92 Å². The van der Waals surface area contributed by atoms with E-state index in [9.17, 15) is 9.59 Å². The maximum atomic E-state index is 12.6. The Bertz CT molecular complexity index is 658. The summed E-state index contributed by atoms with van der Waals surface area (Å²) in [6.07, 6.45) is 4.46. The van der Waals surface area contributed by atoms with Crippen LogP contribution < -0.4 is 5.32 Å². The Hall–Kier alpha value is -2.02. The molecule has 0 spiro atoms. The molecule has 1 saturated heterocycles. The van der Waals surface area contributed by atoms with Gasteiger partial charge in [0.25, 0.3) is 5.91 Å². The van der Waals surface area contributed by atoms with Crippen molar-refractivity contribution in [3.05, 3.63) is 23.3 Å². The van der Waals surface area contributed by atoms with E-state index in [0.29, 0.717) is 19.0 Å². The largest absolute Gasteiger partial charge is 0.376 e. The van der Waals surface area contributed by atoms with Crippen molar-refractivity contribution < 1.29 is 14.3 Å². The molecule has 4 rings (SSSR count). The summed E-state index contributed by atoms with van der Waals surface area (Å²) in [4.78, 5) is 34.7. The van der Waals surface area contributed by atoms with Crippen LogP contribution >= 0.6 is 0 Å². The lowest BCUT2D eigenvalue weighted by molar-refractivity contribution is -0.131. The maximum Gasteiger partial charge on any atom is 0.325 e. The number of hydrogen-bond acceptors (Lipinski definition) is 5. The summed E-state index contributed by atoms with van der Waals surface area (Å²) in [5.41, 5.74) is 1.18. The predicted molar refractivity (Wildman–Crippen MR) is 75.6 cm³/mol. The zero-order valence-electron chi connectivity index (χ0n) is 12.5. The third kappa shape index (κ3) is 2.08. The molecule has 2 fully saturated rings. The van der Waals surface area contributed by atoms with Crippen LogP contribution in [0.3, 0.4) is 0 Å². The summed E-state index contributed by atoms with van der Waals surface area (Å²) in [6.45, 7) is 3.11. The standard InChI is InChI=1S/C15H18N4O3/c1-15(10-2-3-10)13(20)19(14(21)18-15)7-12-16-6-9-8-22-5-4-11(9)17-12/h6,10H,2-5,7-8H2,1H3,(H,18,21). The molecule has 0 radical (unpaired) electrons. The Morgan fingerprint density at radius 2 is 2.27 bits per heavy atom. The summed E-state index contributed by atoms with van der Waals surface area (Å²) in [6, 6.07) is -0.343. The number of amides is 3. The minimum Gasteiger partial charge on any atom is -0.376 e. The number of nitrogens with zero attached hydrogens (tertiary/aromatic N) is 3. The minimum absolute atomic E-state index is 0.126. The van der Waals surface area contributed by atoms with Gasteiger partial charge in [-0.25, -0.2) is 14.8 Å². The van der Waals surface area contributed by atoms with Gasteiger partial charge in [-0.15, -0.1) is 0 Å². The average molecular weight is 302 g/mol. The molecule has 1 saturated carbocycles. The smallest absolute Gasteiger partial charge is 0.325 e. The van der Waals surface area contributed by atoms with Gasteiger partial charge in [0.2, 0.25) is 0 Å². The quantitative estimate of drug-likeness (QED) is 0.834. The highest BCUT2D eigenvalue weighted by Gasteiger charge is 2.56. The molecule has 3 amide bonds. The molecule has 1 aromatic heterocycles. The van der Waals surface area contributed by atoms with E-state index < -0.39 is 5.54 Å². The molecule has 1 atom stereocenters. The van der Waals surface area contributed by atoms with Gasteiger partial charge in [-0.05, 0) is 25.7 Å². The first-order valence-corrected chi connectivity index (χ1v) is 7.63. The maximum absolute atomic E-state index is 12.6. The molecule has 22 heavy (non-hydrogen) atoms. The number of urea groups is 1. The first-order valence-electron chi connectivity index (χ1n) is 7.63. The molecule has 1 N–H and O–H groups in total. The van der Waals surface area contributed by atoms with Crippen LogP contribution in [0.4, 0.5) is 4.79 Å². The molecule has 1 aliphatic carbocycles. The van der Waals surface area contributed by atoms with E-state index >= 15 is 0 Å². The highest BCUT2D eigenvalue weighted by Crippen LogP contribution is 2.42. The third-order valence-electron chi connectivity index (χ3n) is 4.74. The Kier molecular flexibility index (Phi) is 2.94. The van der Waals surface area contributed by atoms with Gasteiger partial charge in [0.1, 0.15) is 11.4 Å². The van der Waals surface area contributed by atoms with E-state index in [1.54, 1.807) is 6.20 Å². The second-order valence-corrected chi connectivity index (χ2v) is 6.36. The van der Waals surface area contributed by atoms with Crippen LogP contribution in [-0.4, -0.2) is 39.0 Å². The summed E-state index contributed by atoms with van der Waals surface area (Å²) < 4.78 is 5.36. The number of fused-ring (bicyclic) bond motifs is 1. The van der Waals surface area contributed by atoms with Gasteiger partial charge >= 0.3 is 6.03 Å². The number of aromatic nitrogens is 2. The fourth-order valence-electron chi connectivity index (χ4n) is 3.19. The number of hydrogen-bond donors (Lipinski definition) is 1. The van der Waals surface area contributed by atoms with Crippen molar-refractivity contribution in [2.45, 2.75) is 44.9 Å². The number of imide groups is 1. The van der Waals surface area contributed by atoms with Gasteiger partial charge in [-0.3, -0.25) is 9.69 Å². The van der Waals surface area contributed by atoms with Crippen molar-refractivity contribution in [2.24, 2.45) is 5.92 Å². The summed E-state index contributed by atoms with van der Waals surface area (Å²) in [5.74, 6) is 0.601. The normalized spacial score (nSPS) is 27.8. The fraction of sp³-hybridized carbons (Fsp3) is 0.600.